The molecule has 0 aliphatic rings. The lowest BCUT2D eigenvalue weighted by Gasteiger charge is -2.15. The van der Waals surface area contributed by atoms with E-state index in [0.29, 0.717) is 22.1 Å². The summed E-state index contributed by atoms with van der Waals surface area (Å²) in [5.74, 6) is 0.277. The first kappa shape index (κ1) is 21.2. The van der Waals surface area contributed by atoms with Crippen molar-refractivity contribution < 1.29 is 14.7 Å². The molecule has 7 nitrogen and oxygen atoms in total. The monoisotopic (exact) mass is 474 g/mol. The van der Waals surface area contributed by atoms with E-state index in [4.69, 9.17) is 0 Å². The smallest absolute Gasteiger partial charge is 0.251 e. The number of rotatable bonds is 8. The van der Waals surface area contributed by atoms with Crippen LogP contribution in [0.15, 0.2) is 64.2 Å². The van der Waals surface area contributed by atoms with E-state index in [1.165, 1.54) is 11.8 Å². The second-order valence-corrected chi connectivity index (χ2v) is 8.05. The third kappa shape index (κ3) is 5.31. The van der Waals surface area contributed by atoms with Gasteiger partial charge in [-0.05, 0) is 24.3 Å². The van der Waals surface area contributed by atoms with E-state index in [9.17, 15) is 14.7 Å². The molecule has 0 spiro atoms. The van der Waals surface area contributed by atoms with Gasteiger partial charge in [0.05, 0.1) is 12.4 Å². The fourth-order valence-corrected chi connectivity index (χ4v) is 3.70. The van der Waals surface area contributed by atoms with E-state index in [0.717, 1.165) is 4.47 Å². The minimum absolute atomic E-state index is 0.0249. The number of ketones is 1. The summed E-state index contributed by atoms with van der Waals surface area (Å²) in [4.78, 5) is 24.7. The number of aliphatic hydroxyl groups is 1. The maximum Gasteiger partial charge on any atom is 0.251 e. The van der Waals surface area contributed by atoms with E-state index in [-0.39, 0.29) is 24.1 Å². The minimum atomic E-state index is -0.711. The summed E-state index contributed by atoms with van der Waals surface area (Å²) >= 11 is 4.60. The number of carbonyl (C=O) groups excluding carboxylic acids is 2. The van der Waals surface area contributed by atoms with Crippen molar-refractivity contribution in [2.45, 2.75) is 11.2 Å². The van der Waals surface area contributed by atoms with Crippen LogP contribution in [-0.4, -0.2) is 43.9 Å². The number of amides is 1. The van der Waals surface area contributed by atoms with E-state index in [2.05, 4.69) is 31.4 Å². The maximum atomic E-state index is 12.4. The molecule has 0 aliphatic carbocycles. The molecule has 0 radical (unpaired) electrons. The molecule has 0 bridgehead atoms. The van der Waals surface area contributed by atoms with Crippen molar-refractivity contribution in [3.05, 3.63) is 76.0 Å². The molecule has 2 aromatic carbocycles. The first-order valence-corrected chi connectivity index (χ1v) is 10.5. The molecule has 1 atom stereocenters. The van der Waals surface area contributed by atoms with Gasteiger partial charge in [-0.25, -0.2) is 0 Å². The fraction of sp³-hybridized carbons (Fsp3) is 0.200. The van der Waals surface area contributed by atoms with Crippen molar-refractivity contribution in [3.8, 4) is 0 Å². The van der Waals surface area contributed by atoms with Gasteiger partial charge in [0.1, 0.15) is 6.04 Å². The van der Waals surface area contributed by atoms with Crippen molar-refractivity contribution >= 4 is 39.4 Å². The van der Waals surface area contributed by atoms with Crippen molar-refractivity contribution in [1.29, 1.82) is 0 Å². The number of aliphatic hydroxyl groups excluding tert-OH is 1. The Kier molecular flexibility index (Phi) is 7.18. The van der Waals surface area contributed by atoms with Gasteiger partial charge in [-0.2, -0.15) is 0 Å². The molecule has 0 aliphatic heterocycles. The molecule has 2 N–H and O–H groups in total. The molecule has 0 fully saturated rings. The highest BCUT2D eigenvalue weighted by Gasteiger charge is 2.22. The first-order chi connectivity index (χ1) is 14.0. The van der Waals surface area contributed by atoms with Gasteiger partial charge in [0.15, 0.2) is 16.8 Å². The van der Waals surface area contributed by atoms with E-state index < -0.39 is 6.04 Å². The van der Waals surface area contributed by atoms with Gasteiger partial charge in [-0.15, -0.1) is 10.2 Å². The second kappa shape index (κ2) is 9.82. The Balaban J connectivity index is 1.66. The van der Waals surface area contributed by atoms with Crippen LogP contribution in [0.5, 0.6) is 0 Å². The summed E-state index contributed by atoms with van der Waals surface area (Å²) in [5, 5.41) is 21.2. The molecule has 1 heterocycles. The average Bonchev–Trinajstić information content (AvgIpc) is 3.11. The van der Waals surface area contributed by atoms with E-state index >= 15 is 0 Å². The van der Waals surface area contributed by atoms with Gasteiger partial charge in [-0.3, -0.25) is 9.59 Å². The zero-order valence-electron chi connectivity index (χ0n) is 15.6. The SMILES string of the molecule is Cn1c(SCC(=O)c2ccc(Br)cc2)nnc1[C@@H](CO)NC(=O)c1ccccc1. The third-order valence-electron chi connectivity index (χ3n) is 4.20. The molecular weight excluding hydrogens is 456 g/mol. The molecular formula is C20H19BrN4O3S. The van der Waals surface area contributed by atoms with E-state index in [1.54, 1.807) is 48.0 Å². The van der Waals surface area contributed by atoms with Crippen LogP contribution in [0.25, 0.3) is 0 Å². The van der Waals surface area contributed by atoms with Gasteiger partial charge < -0.3 is 15.0 Å². The predicted octanol–water partition coefficient (Wildman–Crippen LogP) is 3.02. The largest absolute Gasteiger partial charge is 0.394 e. The van der Waals surface area contributed by atoms with Crippen molar-refractivity contribution in [2.75, 3.05) is 12.4 Å². The second-order valence-electron chi connectivity index (χ2n) is 6.19. The third-order valence-corrected chi connectivity index (χ3v) is 5.75. The quantitative estimate of drug-likeness (QED) is 0.384. The number of benzene rings is 2. The Bertz CT molecular complexity index is 993. The number of aromatic nitrogens is 3. The van der Waals surface area contributed by atoms with Crippen LogP contribution in [0.4, 0.5) is 0 Å². The Morgan fingerprint density at radius 2 is 1.79 bits per heavy atom. The normalized spacial score (nSPS) is 11.8. The highest BCUT2D eigenvalue weighted by molar-refractivity contribution is 9.10. The highest BCUT2D eigenvalue weighted by Crippen LogP contribution is 2.21. The maximum absolute atomic E-state index is 12.4. The lowest BCUT2D eigenvalue weighted by Crippen LogP contribution is -2.32. The molecule has 3 aromatic rings. The average molecular weight is 475 g/mol. The lowest BCUT2D eigenvalue weighted by atomic mass is 10.2. The molecule has 1 aromatic heterocycles. The number of Topliss-reactive ketones (excluding diaryl/α,β-unsaturated/α-hetero) is 1. The zero-order chi connectivity index (χ0) is 20.8. The molecule has 9 heteroatoms. The highest BCUT2D eigenvalue weighted by atomic mass is 79.9. The number of nitrogens with one attached hydrogen (secondary N) is 1. The van der Waals surface area contributed by atoms with Gasteiger partial charge in [0.25, 0.3) is 5.91 Å². The van der Waals surface area contributed by atoms with Crippen LogP contribution in [0.3, 0.4) is 0 Å². The molecule has 0 saturated heterocycles. The number of hydrogen-bond acceptors (Lipinski definition) is 6. The van der Waals surface area contributed by atoms with Crippen molar-refractivity contribution in [1.82, 2.24) is 20.1 Å². The van der Waals surface area contributed by atoms with Gasteiger partial charge >= 0.3 is 0 Å². The van der Waals surface area contributed by atoms with E-state index in [1.807, 2.05) is 18.2 Å². The summed E-state index contributed by atoms with van der Waals surface area (Å²) in [6, 6.07) is 15.2. The number of halogens is 1. The standard InChI is InChI=1S/C20H19BrN4O3S/c1-25-18(16(11-26)22-19(28)14-5-3-2-4-6-14)23-24-20(25)29-12-17(27)13-7-9-15(21)10-8-13/h2-10,16,26H,11-12H2,1H3,(H,22,28)/t16-/m1/s1. The Morgan fingerprint density at radius 3 is 2.45 bits per heavy atom. The molecule has 3 rings (SSSR count). The fourth-order valence-electron chi connectivity index (χ4n) is 2.63. The van der Waals surface area contributed by atoms with Gasteiger partial charge in [0.2, 0.25) is 0 Å². The van der Waals surface area contributed by atoms with Crippen molar-refractivity contribution in [3.63, 3.8) is 0 Å². The molecule has 29 heavy (non-hydrogen) atoms. The topological polar surface area (TPSA) is 97.1 Å². The van der Waals surface area contributed by atoms with Crippen LogP contribution < -0.4 is 5.32 Å². The summed E-state index contributed by atoms with van der Waals surface area (Å²) in [7, 11) is 1.74. The van der Waals surface area contributed by atoms with Gasteiger partial charge in [0, 0.05) is 22.6 Å². The summed E-state index contributed by atoms with van der Waals surface area (Å²) in [6.07, 6.45) is 0. The Labute approximate surface area is 180 Å². The summed E-state index contributed by atoms with van der Waals surface area (Å²) in [6.45, 7) is -0.326. The summed E-state index contributed by atoms with van der Waals surface area (Å²) < 4.78 is 2.58. The Hall–Kier alpha value is -2.49. The van der Waals surface area contributed by atoms with Crippen LogP contribution in [0, 0.1) is 0 Å². The number of hydrogen-bond donors (Lipinski definition) is 2. The minimum Gasteiger partial charge on any atom is -0.394 e. The molecule has 150 valence electrons. The molecule has 0 saturated carbocycles. The zero-order valence-corrected chi connectivity index (χ0v) is 18.0. The lowest BCUT2D eigenvalue weighted by molar-refractivity contribution is 0.0911. The predicted molar refractivity (Wildman–Crippen MR) is 114 cm³/mol. The number of nitrogens with zero attached hydrogens (tertiary/aromatic N) is 3. The summed E-state index contributed by atoms with van der Waals surface area (Å²) in [5.41, 5.74) is 1.11. The first-order valence-electron chi connectivity index (χ1n) is 8.77. The number of thioether (sulfide) groups is 1. The van der Waals surface area contributed by atoms with Crippen LogP contribution in [-0.2, 0) is 7.05 Å². The van der Waals surface area contributed by atoms with Gasteiger partial charge in [-0.1, -0.05) is 58.0 Å². The molecule has 0 unspecified atom stereocenters. The Morgan fingerprint density at radius 1 is 1.10 bits per heavy atom. The van der Waals surface area contributed by atoms with Crippen LogP contribution in [0.2, 0.25) is 0 Å². The van der Waals surface area contributed by atoms with Crippen molar-refractivity contribution in [2.24, 2.45) is 7.05 Å². The van der Waals surface area contributed by atoms with Crippen LogP contribution >= 0.6 is 27.7 Å². The van der Waals surface area contributed by atoms with Crippen LogP contribution in [0.1, 0.15) is 32.6 Å². The molecule has 1 amide bonds. The number of carbonyl (C=O) groups is 2.